The summed E-state index contributed by atoms with van der Waals surface area (Å²) in [6, 6.07) is 4.39. The first kappa shape index (κ1) is 32.9. The summed E-state index contributed by atoms with van der Waals surface area (Å²) in [5.74, 6) is 0. The molecule has 0 aliphatic heterocycles. The monoisotopic (exact) mass is 488 g/mol. The lowest BCUT2D eigenvalue weighted by molar-refractivity contribution is 0.260. The molecule has 0 bridgehead atoms. The van der Waals surface area contributed by atoms with Gasteiger partial charge < -0.3 is 21.1 Å². The van der Waals surface area contributed by atoms with Crippen molar-refractivity contribution in [3.05, 3.63) is 53.1 Å². The number of hydrogen-bond donors (Lipinski definition) is 4. The second kappa shape index (κ2) is 22.4. The van der Waals surface area contributed by atoms with Crippen molar-refractivity contribution in [2.75, 3.05) is 40.0 Å². The molecule has 1 heterocycles. The zero-order valence-electron chi connectivity index (χ0n) is 23.0. The van der Waals surface area contributed by atoms with Gasteiger partial charge in [0.05, 0.1) is 24.7 Å². The van der Waals surface area contributed by atoms with Crippen LogP contribution in [0.1, 0.15) is 71.1 Å². The minimum absolute atomic E-state index is 0.0578. The summed E-state index contributed by atoms with van der Waals surface area (Å²) in [5.41, 5.74) is 10.2. The van der Waals surface area contributed by atoms with E-state index in [-0.39, 0.29) is 12.6 Å². The topological polar surface area (TPSA) is 98.8 Å². The van der Waals surface area contributed by atoms with Gasteiger partial charge in [-0.1, -0.05) is 45.9 Å². The molecule has 0 spiro atoms. The van der Waals surface area contributed by atoms with Gasteiger partial charge in [-0.2, -0.15) is 0 Å². The van der Waals surface area contributed by atoms with Crippen molar-refractivity contribution >= 4 is 6.72 Å². The van der Waals surface area contributed by atoms with Crippen molar-refractivity contribution in [2.45, 2.75) is 78.7 Å². The van der Waals surface area contributed by atoms with Crippen LogP contribution in [-0.4, -0.2) is 67.7 Å². The number of aryl methyl sites for hydroxylation is 2. The van der Waals surface area contributed by atoms with Gasteiger partial charge in [0.1, 0.15) is 0 Å². The number of allylic oxidation sites excluding steroid dienone is 2. The maximum absolute atomic E-state index is 9.48. The largest absolute Gasteiger partial charge is 0.390 e. The summed E-state index contributed by atoms with van der Waals surface area (Å²) in [6.07, 6.45) is 14.6. The molecule has 1 atom stereocenters. The Morgan fingerprint density at radius 2 is 1.89 bits per heavy atom. The number of aromatic nitrogens is 1. The molecule has 35 heavy (non-hydrogen) atoms. The van der Waals surface area contributed by atoms with E-state index in [0.717, 1.165) is 30.9 Å². The summed E-state index contributed by atoms with van der Waals surface area (Å²) in [7, 11) is 1.91. The maximum atomic E-state index is 9.48. The van der Waals surface area contributed by atoms with E-state index < -0.39 is 0 Å². The van der Waals surface area contributed by atoms with Crippen LogP contribution in [0.3, 0.4) is 0 Å². The Bertz CT molecular complexity index is 688. The highest BCUT2D eigenvalue weighted by molar-refractivity contribution is 5.31. The van der Waals surface area contributed by atoms with Gasteiger partial charge >= 0.3 is 0 Å². The zero-order chi connectivity index (χ0) is 26.3. The van der Waals surface area contributed by atoms with Crippen LogP contribution < -0.4 is 16.4 Å². The molecule has 1 aromatic rings. The second-order valence-electron chi connectivity index (χ2n) is 8.57. The third-order valence-corrected chi connectivity index (χ3v) is 5.69. The van der Waals surface area contributed by atoms with E-state index in [1.54, 1.807) is 0 Å². The van der Waals surface area contributed by atoms with Crippen molar-refractivity contribution < 1.29 is 5.11 Å². The average molecular weight is 489 g/mol. The van der Waals surface area contributed by atoms with Gasteiger partial charge in [-0.25, -0.2) is 0 Å². The number of rotatable bonds is 13. The first-order valence-electron chi connectivity index (χ1n) is 13.2. The number of likely N-dealkylation sites (N-methyl/N-ethyl adjacent to an activating group) is 2. The van der Waals surface area contributed by atoms with Crippen LogP contribution in [0.25, 0.3) is 0 Å². The van der Waals surface area contributed by atoms with E-state index in [1.165, 1.54) is 49.8 Å². The third kappa shape index (κ3) is 15.5. The van der Waals surface area contributed by atoms with E-state index in [1.807, 2.05) is 31.1 Å². The highest BCUT2D eigenvalue weighted by Crippen LogP contribution is 2.17. The number of pyridine rings is 1. The summed E-state index contributed by atoms with van der Waals surface area (Å²) in [5, 5.41) is 15.9. The lowest BCUT2D eigenvalue weighted by atomic mass is 9.96. The Hall–Kier alpha value is -2.06. The molecule has 5 N–H and O–H groups in total. The first-order valence-corrected chi connectivity index (χ1v) is 13.2. The van der Waals surface area contributed by atoms with Crippen molar-refractivity contribution in [1.29, 1.82) is 0 Å². The van der Waals surface area contributed by atoms with Gasteiger partial charge in [0.25, 0.3) is 0 Å². The number of nitrogens with two attached hydrogens (primary N) is 1. The van der Waals surface area contributed by atoms with Gasteiger partial charge in [0.2, 0.25) is 0 Å². The summed E-state index contributed by atoms with van der Waals surface area (Å²) in [4.78, 5) is 10.2. The van der Waals surface area contributed by atoms with Gasteiger partial charge in [0, 0.05) is 38.1 Å². The van der Waals surface area contributed by atoms with E-state index in [9.17, 15) is 5.11 Å². The number of fused-ring (bicyclic) bond motifs is 1. The number of aliphatic imine (C=N–C) groups is 1. The second-order valence-corrected chi connectivity index (χ2v) is 8.57. The Labute approximate surface area is 215 Å². The molecular formula is C28H52N6O. The van der Waals surface area contributed by atoms with Crippen LogP contribution in [0.4, 0.5) is 0 Å². The highest BCUT2D eigenvalue weighted by Gasteiger charge is 2.10. The lowest BCUT2D eigenvalue weighted by Gasteiger charge is -2.24. The van der Waals surface area contributed by atoms with E-state index in [4.69, 9.17) is 5.73 Å². The summed E-state index contributed by atoms with van der Waals surface area (Å²) in [6.45, 7) is 14.7. The Morgan fingerprint density at radius 3 is 2.43 bits per heavy atom. The predicted octanol–water partition coefficient (Wildman–Crippen LogP) is 4.04. The Kier molecular flexibility index (Phi) is 21.1. The van der Waals surface area contributed by atoms with Gasteiger partial charge in [0.15, 0.2) is 0 Å². The van der Waals surface area contributed by atoms with Gasteiger partial charge in [-0.15, -0.1) is 0 Å². The SMILES string of the molecule is C=N/C(CNCC)=C(/CO)N(C)CNCC(N)CC.CC/C=C\CC.c1cnc2c(c1)CCCC2. The number of hydrogen-bond acceptors (Lipinski definition) is 7. The lowest BCUT2D eigenvalue weighted by Crippen LogP contribution is -2.39. The predicted molar refractivity (Wildman–Crippen MR) is 152 cm³/mol. The van der Waals surface area contributed by atoms with Crippen LogP contribution in [0.15, 0.2) is 46.9 Å². The Balaban J connectivity index is 0.000000591. The number of aliphatic hydroxyl groups is 1. The number of aliphatic hydroxyl groups excluding tert-OH is 1. The molecule has 1 aromatic heterocycles. The fourth-order valence-electron chi connectivity index (χ4n) is 3.45. The molecular weight excluding hydrogens is 436 g/mol. The van der Waals surface area contributed by atoms with Crippen molar-refractivity contribution in [2.24, 2.45) is 10.7 Å². The summed E-state index contributed by atoms with van der Waals surface area (Å²) >= 11 is 0. The highest BCUT2D eigenvalue weighted by atomic mass is 16.3. The Morgan fingerprint density at radius 1 is 1.20 bits per heavy atom. The number of nitrogens with one attached hydrogen (secondary N) is 2. The average Bonchev–Trinajstić information content (AvgIpc) is 2.90. The van der Waals surface area contributed by atoms with Crippen LogP contribution >= 0.6 is 0 Å². The minimum Gasteiger partial charge on any atom is -0.390 e. The third-order valence-electron chi connectivity index (χ3n) is 5.69. The van der Waals surface area contributed by atoms with Crippen molar-refractivity contribution in [1.82, 2.24) is 20.5 Å². The molecule has 1 unspecified atom stereocenters. The van der Waals surface area contributed by atoms with Crippen molar-refractivity contribution in [3.8, 4) is 0 Å². The molecule has 2 rings (SSSR count). The smallest absolute Gasteiger partial charge is 0.0848 e. The van der Waals surface area contributed by atoms with Crippen LogP contribution in [0.2, 0.25) is 0 Å². The van der Waals surface area contributed by atoms with Crippen LogP contribution in [0, 0.1) is 0 Å². The quantitative estimate of drug-likeness (QED) is 0.190. The van der Waals surface area contributed by atoms with E-state index in [0.29, 0.717) is 13.2 Å². The maximum Gasteiger partial charge on any atom is 0.0848 e. The molecule has 0 aromatic carbocycles. The minimum atomic E-state index is -0.0578. The molecule has 7 heteroatoms. The molecule has 0 saturated carbocycles. The molecule has 0 fully saturated rings. The molecule has 0 radical (unpaired) electrons. The molecule has 1 aliphatic carbocycles. The van der Waals surface area contributed by atoms with Crippen molar-refractivity contribution in [3.63, 3.8) is 0 Å². The molecule has 7 nitrogen and oxygen atoms in total. The van der Waals surface area contributed by atoms with Crippen LogP contribution in [-0.2, 0) is 12.8 Å². The number of nitrogens with zero attached hydrogens (tertiary/aromatic N) is 3. The molecule has 200 valence electrons. The standard InChI is InChI=1S/C13H29N5O.C9H11N.C6H12/c1-5-11(14)7-17-10-18(4)13(9-19)12(15-3)8-16-6-2;1-2-6-9-8(4-1)5-3-7-10-9;1-3-5-6-4-2/h11,16-17,19H,3,5-10,14H2,1-2,4H3;3,5,7H,1-2,4,6H2;5-6H,3-4H2,1-2H3/b13-12-;;6-5-. The normalized spacial score (nSPS) is 14.0. The first-order chi connectivity index (χ1) is 17.0. The summed E-state index contributed by atoms with van der Waals surface area (Å²) < 4.78 is 0. The van der Waals surface area contributed by atoms with E-state index >= 15 is 0 Å². The van der Waals surface area contributed by atoms with Gasteiger partial charge in [-0.05, 0) is 69.8 Å². The molecule has 1 aliphatic rings. The molecule has 0 saturated heterocycles. The van der Waals surface area contributed by atoms with E-state index in [2.05, 4.69) is 66.3 Å². The fourth-order valence-corrected chi connectivity index (χ4v) is 3.45. The molecule has 0 amide bonds. The fraction of sp³-hybridized carbons (Fsp3) is 0.643. The zero-order valence-corrected chi connectivity index (χ0v) is 23.0. The van der Waals surface area contributed by atoms with Crippen LogP contribution in [0.5, 0.6) is 0 Å². The van der Waals surface area contributed by atoms with Gasteiger partial charge in [-0.3, -0.25) is 15.3 Å².